The van der Waals surface area contributed by atoms with Crippen molar-refractivity contribution in [3.63, 3.8) is 0 Å². The molecular weight excluding hydrogens is 272 g/mol. The number of ketones is 1. The van der Waals surface area contributed by atoms with Gasteiger partial charge in [0.25, 0.3) is 0 Å². The van der Waals surface area contributed by atoms with Crippen molar-refractivity contribution in [2.75, 3.05) is 12.4 Å². The van der Waals surface area contributed by atoms with Crippen LogP contribution in [0.15, 0.2) is 41.3 Å². The minimum atomic E-state index is -3.55. The first kappa shape index (κ1) is 15.1. The second-order valence-corrected chi connectivity index (χ2v) is 5.71. The molecule has 0 atom stereocenters. The first-order valence-corrected chi connectivity index (χ1v) is 6.91. The Morgan fingerprint density at radius 2 is 1.68 bits per heavy atom. The van der Waals surface area contributed by atoms with Crippen LogP contribution in [-0.2, 0) is 14.6 Å². The molecule has 6 nitrogen and oxygen atoms in total. The number of carbonyl (C=O) groups is 2. The number of aliphatic carboxylic acids is 1. The molecule has 0 heterocycles. The maximum absolute atomic E-state index is 11.6. The maximum atomic E-state index is 11.6. The molecule has 0 bridgehead atoms. The summed E-state index contributed by atoms with van der Waals surface area (Å²) in [5, 5.41) is 17.0. The van der Waals surface area contributed by atoms with E-state index in [2.05, 4.69) is 0 Å². The molecule has 2 N–H and O–H groups in total. The summed E-state index contributed by atoms with van der Waals surface area (Å²) < 4.78 is 23.2. The van der Waals surface area contributed by atoms with Gasteiger partial charge in [-0.15, -0.1) is 0 Å². The van der Waals surface area contributed by atoms with E-state index in [0.29, 0.717) is 6.08 Å². The molecule has 0 unspecified atom stereocenters. The zero-order valence-electron chi connectivity index (χ0n) is 9.81. The maximum Gasteiger partial charge on any atom is 0.328 e. The molecule has 0 aliphatic carbocycles. The Bertz CT molecular complexity index is 598. The first-order valence-electron chi connectivity index (χ1n) is 5.26. The van der Waals surface area contributed by atoms with Crippen LogP contribution in [0.3, 0.4) is 0 Å². The molecule has 0 spiro atoms. The Labute approximate surface area is 109 Å². The molecule has 0 aliphatic heterocycles. The number of hydrogen-bond acceptors (Lipinski definition) is 5. The van der Waals surface area contributed by atoms with Gasteiger partial charge < -0.3 is 10.2 Å². The SMILES string of the molecule is O=C(O)/C=C/C(=O)c1ccc(S(=O)(=O)CCO)cc1. The third kappa shape index (κ3) is 4.31. The Hall–Kier alpha value is -1.99. The highest BCUT2D eigenvalue weighted by Crippen LogP contribution is 2.13. The van der Waals surface area contributed by atoms with E-state index in [9.17, 15) is 18.0 Å². The molecule has 102 valence electrons. The largest absolute Gasteiger partial charge is 0.478 e. The summed E-state index contributed by atoms with van der Waals surface area (Å²) in [7, 11) is -3.55. The Morgan fingerprint density at radius 1 is 1.11 bits per heavy atom. The second-order valence-electron chi connectivity index (χ2n) is 3.60. The van der Waals surface area contributed by atoms with E-state index in [4.69, 9.17) is 10.2 Å². The molecule has 0 saturated carbocycles. The van der Waals surface area contributed by atoms with Gasteiger partial charge in [-0.3, -0.25) is 4.79 Å². The number of allylic oxidation sites excluding steroid dienone is 1. The Balaban J connectivity index is 2.94. The van der Waals surface area contributed by atoms with E-state index < -0.39 is 28.2 Å². The molecule has 0 fully saturated rings. The predicted octanol–water partition coefficient (Wildman–Crippen LogP) is 0.276. The molecule has 19 heavy (non-hydrogen) atoms. The Kier molecular flexibility index (Phi) is 4.96. The molecular formula is C12H12O6S. The molecule has 1 aromatic rings. The smallest absolute Gasteiger partial charge is 0.328 e. The third-order valence-electron chi connectivity index (χ3n) is 2.24. The zero-order chi connectivity index (χ0) is 14.5. The normalized spacial score (nSPS) is 11.6. The van der Waals surface area contributed by atoms with Crippen LogP contribution in [0.4, 0.5) is 0 Å². The highest BCUT2D eigenvalue weighted by atomic mass is 32.2. The standard InChI is InChI=1S/C12H12O6S/c13-7-8-19(17,18)10-3-1-9(2-4-10)11(14)5-6-12(15)16/h1-6,13H,7-8H2,(H,15,16)/b6-5+. The van der Waals surface area contributed by atoms with Gasteiger partial charge in [0, 0.05) is 11.6 Å². The van der Waals surface area contributed by atoms with Crippen LogP contribution in [0.2, 0.25) is 0 Å². The van der Waals surface area contributed by atoms with Crippen molar-refractivity contribution in [2.24, 2.45) is 0 Å². The monoisotopic (exact) mass is 284 g/mol. The number of hydrogen-bond donors (Lipinski definition) is 2. The topological polar surface area (TPSA) is 109 Å². The molecule has 0 saturated heterocycles. The van der Waals surface area contributed by atoms with Gasteiger partial charge in [0.15, 0.2) is 15.6 Å². The van der Waals surface area contributed by atoms with Crippen LogP contribution in [0.25, 0.3) is 0 Å². The minimum absolute atomic E-state index is 0.000291. The third-order valence-corrected chi connectivity index (χ3v) is 3.95. The lowest BCUT2D eigenvalue weighted by Gasteiger charge is -2.03. The van der Waals surface area contributed by atoms with Gasteiger partial charge in [-0.2, -0.15) is 0 Å². The van der Waals surface area contributed by atoms with Crippen LogP contribution >= 0.6 is 0 Å². The number of sulfone groups is 1. The summed E-state index contributed by atoms with van der Waals surface area (Å²) in [6, 6.07) is 5.07. The van der Waals surface area contributed by atoms with E-state index >= 15 is 0 Å². The van der Waals surface area contributed by atoms with Gasteiger partial charge >= 0.3 is 5.97 Å². The molecule has 1 aromatic carbocycles. The lowest BCUT2D eigenvalue weighted by Crippen LogP contribution is -2.10. The van der Waals surface area contributed by atoms with Crippen molar-refractivity contribution in [1.82, 2.24) is 0 Å². The lowest BCUT2D eigenvalue weighted by atomic mass is 10.1. The number of carboxylic acid groups (broad SMARTS) is 1. The molecule has 0 amide bonds. The van der Waals surface area contributed by atoms with E-state index in [1.165, 1.54) is 24.3 Å². The van der Waals surface area contributed by atoms with Crippen molar-refractivity contribution >= 4 is 21.6 Å². The van der Waals surface area contributed by atoms with Crippen molar-refractivity contribution in [3.05, 3.63) is 42.0 Å². The Morgan fingerprint density at radius 3 is 2.16 bits per heavy atom. The predicted molar refractivity (Wildman–Crippen MR) is 66.7 cm³/mol. The summed E-state index contributed by atoms with van der Waals surface area (Å²) in [5.74, 6) is -2.16. The summed E-state index contributed by atoms with van der Waals surface area (Å²) in [4.78, 5) is 21.7. The average Bonchev–Trinajstić information content (AvgIpc) is 2.36. The molecule has 0 aromatic heterocycles. The van der Waals surface area contributed by atoms with E-state index in [1.54, 1.807) is 0 Å². The van der Waals surface area contributed by atoms with Crippen molar-refractivity contribution in [2.45, 2.75) is 4.90 Å². The fourth-order valence-corrected chi connectivity index (χ4v) is 2.33. The van der Waals surface area contributed by atoms with Gasteiger partial charge in [-0.05, 0) is 30.3 Å². The van der Waals surface area contributed by atoms with Gasteiger partial charge in [0.1, 0.15) is 0 Å². The number of carboxylic acids is 1. The van der Waals surface area contributed by atoms with E-state index in [0.717, 1.165) is 6.08 Å². The second kappa shape index (κ2) is 6.26. The minimum Gasteiger partial charge on any atom is -0.478 e. The van der Waals surface area contributed by atoms with Crippen molar-refractivity contribution in [1.29, 1.82) is 0 Å². The van der Waals surface area contributed by atoms with Crippen LogP contribution in [0.5, 0.6) is 0 Å². The van der Waals surface area contributed by atoms with Gasteiger partial charge in [0.05, 0.1) is 17.3 Å². The van der Waals surface area contributed by atoms with Gasteiger partial charge in [-0.25, -0.2) is 13.2 Å². The molecule has 7 heteroatoms. The first-order chi connectivity index (χ1) is 8.86. The zero-order valence-corrected chi connectivity index (χ0v) is 10.6. The molecule has 0 radical (unpaired) electrons. The quantitative estimate of drug-likeness (QED) is 0.573. The van der Waals surface area contributed by atoms with Gasteiger partial charge in [0.2, 0.25) is 0 Å². The molecule has 0 aliphatic rings. The van der Waals surface area contributed by atoms with Crippen molar-refractivity contribution < 1.29 is 28.2 Å². The summed E-state index contributed by atoms with van der Waals surface area (Å²) in [6.45, 7) is -0.482. The number of carbonyl (C=O) groups excluding carboxylic acids is 1. The van der Waals surface area contributed by atoms with Crippen molar-refractivity contribution in [3.8, 4) is 0 Å². The highest BCUT2D eigenvalue weighted by Gasteiger charge is 2.13. The van der Waals surface area contributed by atoms with Crippen LogP contribution in [-0.4, -0.2) is 42.7 Å². The van der Waals surface area contributed by atoms with E-state index in [1.807, 2.05) is 0 Å². The van der Waals surface area contributed by atoms with Crippen LogP contribution in [0, 0.1) is 0 Å². The van der Waals surface area contributed by atoms with Crippen LogP contribution in [0.1, 0.15) is 10.4 Å². The highest BCUT2D eigenvalue weighted by molar-refractivity contribution is 7.91. The number of aliphatic hydroxyl groups is 1. The number of benzene rings is 1. The molecule has 1 rings (SSSR count). The summed E-state index contributed by atoms with van der Waals surface area (Å²) in [5.41, 5.74) is 0.181. The summed E-state index contributed by atoms with van der Waals surface area (Å²) in [6.07, 6.45) is 1.60. The fraction of sp³-hybridized carbons (Fsp3) is 0.167. The van der Waals surface area contributed by atoms with E-state index in [-0.39, 0.29) is 16.2 Å². The van der Waals surface area contributed by atoms with Gasteiger partial charge in [-0.1, -0.05) is 0 Å². The average molecular weight is 284 g/mol. The summed E-state index contributed by atoms with van der Waals surface area (Å²) >= 11 is 0. The number of rotatable bonds is 6. The number of aliphatic hydroxyl groups excluding tert-OH is 1. The van der Waals surface area contributed by atoms with Crippen LogP contribution < -0.4 is 0 Å². The lowest BCUT2D eigenvalue weighted by molar-refractivity contribution is -0.131. The fourth-order valence-electron chi connectivity index (χ4n) is 1.31.